The molecule has 0 nitrogen and oxygen atoms in total. The molecule has 0 spiro atoms. The van der Waals surface area contributed by atoms with Crippen LogP contribution in [0.4, 0.5) is 0 Å². The molecule has 3 heteroatoms. The minimum atomic E-state index is -3.34. The number of rotatable bonds is 4. The maximum absolute atomic E-state index is 3.34. The molecule has 0 N–H and O–H groups in total. The second-order valence-electron chi connectivity index (χ2n) is 16.4. The second-order valence-corrected chi connectivity index (χ2v) is 33.1. The van der Waals surface area contributed by atoms with Crippen molar-refractivity contribution in [3.63, 3.8) is 0 Å². The van der Waals surface area contributed by atoms with Crippen LogP contribution in [-0.4, -0.2) is 0 Å². The maximum Gasteiger partial charge on any atom is -1.00 e. The maximum atomic E-state index is 2.70. The van der Waals surface area contributed by atoms with Crippen LogP contribution in [0.3, 0.4) is 0 Å². The first kappa shape index (κ1) is 34.7. The van der Waals surface area contributed by atoms with Crippen LogP contribution in [0.2, 0.25) is 7.35 Å². The van der Waals surface area contributed by atoms with Crippen LogP contribution in [0.15, 0.2) is 108 Å². The fraction of sp³-hybridized carbons (Fsp3) is 0.364. The third kappa shape index (κ3) is 5.43. The SMILES string of the molecule is CC(C)(C)C1=Cc2c(-c3ccccc3)cccc2[CH]1[Hf+2]1([CH]2C(C(C)(C)C)=Cc3c(-c4ccccc4)cccc32)[CH]2CCCC[CH]21.[Cl-].[Cl-]. The van der Waals surface area contributed by atoms with Gasteiger partial charge in [-0.2, -0.15) is 0 Å². The molecule has 0 amide bonds. The van der Waals surface area contributed by atoms with Gasteiger partial charge in [0.05, 0.1) is 0 Å². The summed E-state index contributed by atoms with van der Waals surface area (Å²) in [6, 6.07) is 37.0. The van der Waals surface area contributed by atoms with Crippen LogP contribution in [0.1, 0.15) is 96.8 Å². The summed E-state index contributed by atoms with van der Waals surface area (Å²) in [6.45, 7) is 15.0. The molecule has 47 heavy (non-hydrogen) atoms. The van der Waals surface area contributed by atoms with E-state index in [0.717, 1.165) is 7.35 Å². The average molecular weight is 826 g/mol. The van der Waals surface area contributed by atoms with Crippen molar-refractivity contribution in [2.45, 2.75) is 81.9 Å². The van der Waals surface area contributed by atoms with Crippen LogP contribution in [-0.2, 0) is 20.0 Å². The topological polar surface area (TPSA) is 0 Å². The number of hydrogen-bond acceptors (Lipinski definition) is 0. The molecule has 4 unspecified atom stereocenters. The molecule has 242 valence electrons. The van der Waals surface area contributed by atoms with Gasteiger partial charge in [-0.3, -0.25) is 0 Å². The van der Waals surface area contributed by atoms with Crippen molar-refractivity contribution in [3.8, 4) is 22.3 Å². The molecule has 1 saturated carbocycles. The molecule has 1 aliphatic heterocycles. The van der Waals surface area contributed by atoms with E-state index in [9.17, 15) is 0 Å². The minimum Gasteiger partial charge on any atom is -1.00 e. The number of halogens is 2. The summed E-state index contributed by atoms with van der Waals surface area (Å²) in [4.78, 5) is 0. The second kappa shape index (κ2) is 12.6. The van der Waals surface area contributed by atoms with E-state index in [-0.39, 0.29) is 35.6 Å². The Hall–Kier alpha value is -2.19. The van der Waals surface area contributed by atoms with Crippen LogP contribution in [0.25, 0.3) is 34.4 Å². The quantitative estimate of drug-likeness (QED) is 0.195. The Bertz CT molecular complexity index is 1700. The molecule has 4 atom stereocenters. The molecule has 4 aromatic rings. The van der Waals surface area contributed by atoms with E-state index in [4.69, 9.17) is 0 Å². The van der Waals surface area contributed by atoms with Crippen molar-refractivity contribution in [2.24, 2.45) is 10.8 Å². The van der Waals surface area contributed by atoms with Gasteiger partial charge in [0, 0.05) is 0 Å². The van der Waals surface area contributed by atoms with Gasteiger partial charge in [-0.1, -0.05) is 0 Å². The molecular weight excluding hydrogens is 778 g/mol. The molecule has 4 aliphatic rings. The smallest absolute Gasteiger partial charge is 1.00 e. The molecule has 3 aliphatic carbocycles. The van der Waals surface area contributed by atoms with Gasteiger partial charge in [-0.15, -0.1) is 0 Å². The first-order valence-corrected chi connectivity index (χ1v) is 25.7. The van der Waals surface area contributed by atoms with Crippen molar-refractivity contribution in [2.75, 3.05) is 0 Å². The minimum absolute atomic E-state index is 0. The van der Waals surface area contributed by atoms with Crippen molar-refractivity contribution in [1.82, 2.24) is 0 Å². The first-order chi connectivity index (χ1) is 21.6. The van der Waals surface area contributed by atoms with Gasteiger partial charge in [-0.05, 0) is 0 Å². The normalized spacial score (nSPS) is 24.4. The Morgan fingerprint density at radius 3 is 1.23 bits per heavy atom. The molecule has 0 aromatic heterocycles. The summed E-state index contributed by atoms with van der Waals surface area (Å²) in [7, 11) is 0. The van der Waals surface area contributed by atoms with Gasteiger partial charge >= 0.3 is 278 Å². The van der Waals surface area contributed by atoms with Crippen molar-refractivity contribution in [3.05, 3.63) is 130 Å². The Morgan fingerprint density at radius 1 is 0.489 bits per heavy atom. The summed E-state index contributed by atoms with van der Waals surface area (Å²) < 4.78 is 3.25. The van der Waals surface area contributed by atoms with Gasteiger partial charge in [0.1, 0.15) is 0 Å². The van der Waals surface area contributed by atoms with E-state index in [1.165, 1.54) is 59.1 Å². The number of fused-ring (bicyclic) bond motifs is 3. The zero-order valence-corrected chi connectivity index (χ0v) is 33.9. The van der Waals surface area contributed by atoms with Gasteiger partial charge in [0.15, 0.2) is 0 Å². The molecule has 1 heterocycles. The molecule has 8 rings (SSSR count). The van der Waals surface area contributed by atoms with E-state index in [0.29, 0.717) is 7.35 Å². The Morgan fingerprint density at radius 2 is 0.872 bits per heavy atom. The van der Waals surface area contributed by atoms with Crippen LogP contribution in [0, 0.1) is 10.8 Å². The zero-order chi connectivity index (χ0) is 31.1. The zero-order valence-electron chi connectivity index (χ0n) is 28.8. The fourth-order valence-corrected chi connectivity index (χ4v) is 46.9. The Balaban J connectivity index is 0.00000193. The van der Waals surface area contributed by atoms with Crippen molar-refractivity contribution >= 4 is 12.2 Å². The van der Waals surface area contributed by atoms with Crippen LogP contribution >= 0.6 is 0 Å². The van der Waals surface area contributed by atoms with Crippen LogP contribution < -0.4 is 24.8 Å². The average Bonchev–Trinajstić information content (AvgIpc) is 3.31. The molecule has 0 bridgehead atoms. The van der Waals surface area contributed by atoms with Gasteiger partial charge in [-0.25, -0.2) is 0 Å². The van der Waals surface area contributed by atoms with E-state index in [1.807, 2.05) is 0 Å². The summed E-state index contributed by atoms with van der Waals surface area (Å²) in [5, 5.41) is 0. The predicted octanol–water partition coefficient (Wildman–Crippen LogP) is 7.02. The standard InChI is InChI=1S/2C19H19.C6H10.2ClH.Hf/c2*1-19(2,3)16-12-15-10-7-11-17(18(15)13-16)14-8-5-4-6-9-14;1-2-4-6-5-3-1;;;/h2*4-13H,1-3H3;1-2H,3-6H2;2*1H;/q;;;;;+2/p-2. The van der Waals surface area contributed by atoms with Gasteiger partial charge < -0.3 is 24.8 Å². The number of benzene rings is 4. The Kier molecular flexibility index (Phi) is 9.30. The third-order valence-electron chi connectivity index (χ3n) is 12.0. The monoisotopic (exact) mass is 826 g/mol. The van der Waals surface area contributed by atoms with E-state index >= 15 is 0 Å². The summed E-state index contributed by atoms with van der Waals surface area (Å²) >= 11 is -3.34. The summed E-state index contributed by atoms with van der Waals surface area (Å²) in [5.74, 6) is 0. The number of allylic oxidation sites excluding steroid dienone is 2. The third-order valence-corrected chi connectivity index (χ3v) is 36.4. The number of hydrogen-bond donors (Lipinski definition) is 0. The summed E-state index contributed by atoms with van der Waals surface area (Å²) in [5.41, 5.74) is 15.7. The van der Waals surface area contributed by atoms with Gasteiger partial charge in [0.2, 0.25) is 0 Å². The fourth-order valence-electron chi connectivity index (χ4n) is 10.2. The van der Waals surface area contributed by atoms with Gasteiger partial charge in [0.25, 0.3) is 0 Å². The first-order valence-electron chi connectivity index (χ1n) is 17.4. The van der Waals surface area contributed by atoms with Crippen molar-refractivity contribution < 1.29 is 44.8 Å². The Labute approximate surface area is 300 Å². The largest absolute Gasteiger partial charge is 1.00 e. The predicted molar refractivity (Wildman–Crippen MR) is 190 cm³/mol. The molecule has 0 radical (unpaired) electrons. The molecular formula is C44H48Cl2Hf. The summed E-state index contributed by atoms with van der Waals surface area (Å²) in [6.07, 6.45) is 11.2. The van der Waals surface area contributed by atoms with Crippen molar-refractivity contribution in [1.29, 1.82) is 0 Å². The van der Waals surface area contributed by atoms with E-state index in [1.54, 1.807) is 22.3 Å². The van der Waals surface area contributed by atoms with E-state index in [2.05, 4.69) is 151 Å². The van der Waals surface area contributed by atoms with Crippen LogP contribution in [0.5, 0.6) is 0 Å². The molecule has 1 saturated heterocycles. The van der Waals surface area contributed by atoms with E-state index < -0.39 is 20.0 Å². The molecule has 2 fully saturated rings. The molecule has 4 aromatic carbocycles.